The first-order valence-corrected chi connectivity index (χ1v) is 9.58. The summed E-state index contributed by atoms with van der Waals surface area (Å²) in [5.74, 6) is 1.21. The van der Waals surface area contributed by atoms with Crippen molar-refractivity contribution in [1.29, 1.82) is 0 Å². The Bertz CT molecular complexity index is 1090. The number of fused-ring (bicyclic) bond motifs is 1. The Labute approximate surface area is 164 Å². The minimum atomic E-state index is 0.525. The number of aryl methyl sites for hydroxylation is 2. The molecule has 0 aliphatic heterocycles. The van der Waals surface area contributed by atoms with Crippen LogP contribution in [0.1, 0.15) is 23.6 Å². The minimum absolute atomic E-state index is 0.525. The van der Waals surface area contributed by atoms with Crippen molar-refractivity contribution in [3.8, 4) is 0 Å². The number of rotatable bonds is 7. The second-order valence-electron chi connectivity index (χ2n) is 6.79. The summed E-state index contributed by atoms with van der Waals surface area (Å²) in [5, 5.41) is 16.1. The Morgan fingerprint density at radius 1 is 1.04 bits per heavy atom. The Morgan fingerprint density at radius 3 is 2.82 bits per heavy atom. The van der Waals surface area contributed by atoms with Crippen LogP contribution in [0, 0.1) is 6.92 Å². The number of anilines is 3. The van der Waals surface area contributed by atoms with Crippen molar-refractivity contribution in [2.45, 2.75) is 26.7 Å². The third-order valence-electron chi connectivity index (χ3n) is 4.90. The summed E-state index contributed by atoms with van der Waals surface area (Å²) < 4.78 is 0. The lowest BCUT2D eigenvalue weighted by molar-refractivity contribution is 0.931. The fourth-order valence-electron chi connectivity index (χ4n) is 3.42. The summed E-state index contributed by atoms with van der Waals surface area (Å²) in [6.45, 7) is 4.98. The highest BCUT2D eigenvalue weighted by Gasteiger charge is 2.08. The molecule has 6 heteroatoms. The third-order valence-corrected chi connectivity index (χ3v) is 4.90. The summed E-state index contributed by atoms with van der Waals surface area (Å²) in [4.78, 5) is 7.87. The zero-order valence-electron chi connectivity index (χ0n) is 16.2. The normalized spacial score (nSPS) is 10.9. The molecule has 4 aromatic rings. The van der Waals surface area contributed by atoms with Gasteiger partial charge in [0.05, 0.1) is 6.20 Å². The highest BCUT2D eigenvalue weighted by molar-refractivity contribution is 5.83. The van der Waals surface area contributed by atoms with Gasteiger partial charge in [0.2, 0.25) is 5.95 Å². The lowest BCUT2D eigenvalue weighted by Gasteiger charge is -2.13. The molecule has 3 N–H and O–H groups in total. The first kappa shape index (κ1) is 18.0. The molecular weight excluding hydrogens is 348 g/mol. The second-order valence-corrected chi connectivity index (χ2v) is 6.79. The third kappa shape index (κ3) is 3.81. The molecule has 0 saturated heterocycles. The summed E-state index contributed by atoms with van der Waals surface area (Å²) in [6, 6.07) is 14.6. The number of aromatic amines is 1. The molecule has 0 fully saturated rings. The molecule has 0 amide bonds. The van der Waals surface area contributed by atoms with Gasteiger partial charge in [-0.25, -0.2) is 0 Å². The van der Waals surface area contributed by atoms with Crippen LogP contribution in [-0.2, 0) is 12.8 Å². The van der Waals surface area contributed by atoms with Gasteiger partial charge in [-0.05, 0) is 42.5 Å². The van der Waals surface area contributed by atoms with Gasteiger partial charge in [-0.2, -0.15) is 10.1 Å². The van der Waals surface area contributed by atoms with E-state index in [4.69, 9.17) is 0 Å². The molecule has 0 bridgehead atoms. The molecule has 0 aliphatic carbocycles. The van der Waals surface area contributed by atoms with Crippen LogP contribution in [0.3, 0.4) is 0 Å². The van der Waals surface area contributed by atoms with Crippen LogP contribution >= 0.6 is 0 Å². The number of benzene rings is 2. The average molecular weight is 372 g/mol. The van der Waals surface area contributed by atoms with Gasteiger partial charge in [-0.15, -0.1) is 5.10 Å². The van der Waals surface area contributed by atoms with E-state index in [-0.39, 0.29) is 0 Å². The Balaban J connectivity index is 1.43. The van der Waals surface area contributed by atoms with Crippen LogP contribution < -0.4 is 10.6 Å². The van der Waals surface area contributed by atoms with Crippen LogP contribution in [0.25, 0.3) is 10.9 Å². The van der Waals surface area contributed by atoms with Crippen LogP contribution in [0.5, 0.6) is 0 Å². The topological polar surface area (TPSA) is 78.5 Å². The number of nitrogens with one attached hydrogen (secondary N) is 3. The van der Waals surface area contributed by atoms with E-state index in [1.54, 1.807) is 6.20 Å². The first-order chi connectivity index (χ1) is 13.7. The maximum Gasteiger partial charge on any atom is 0.244 e. The first-order valence-electron chi connectivity index (χ1n) is 9.58. The van der Waals surface area contributed by atoms with E-state index in [1.165, 1.54) is 22.1 Å². The van der Waals surface area contributed by atoms with Gasteiger partial charge in [-0.1, -0.05) is 43.3 Å². The highest BCUT2D eigenvalue weighted by Crippen LogP contribution is 2.24. The molecule has 0 aliphatic rings. The van der Waals surface area contributed by atoms with Gasteiger partial charge < -0.3 is 15.6 Å². The van der Waals surface area contributed by atoms with Crippen molar-refractivity contribution < 1.29 is 0 Å². The monoisotopic (exact) mass is 372 g/mol. The SMILES string of the molecule is CCc1cccc(C)c1Nc1cnnc(NCCc2c[nH]c3ccccc23)n1. The molecule has 28 heavy (non-hydrogen) atoms. The Morgan fingerprint density at radius 2 is 1.93 bits per heavy atom. The average Bonchev–Trinajstić information content (AvgIpc) is 3.13. The lowest BCUT2D eigenvalue weighted by Crippen LogP contribution is -2.10. The second kappa shape index (κ2) is 8.08. The van der Waals surface area contributed by atoms with Crippen LogP contribution in [-0.4, -0.2) is 26.7 Å². The summed E-state index contributed by atoms with van der Waals surface area (Å²) in [6.07, 6.45) is 5.55. The van der Waals surface area contributed by atoms with E-state index in [9.17, 15) is 0 Å². The van der Waals surface area contributed by atoms with E-state index in [1.807, 2.05) is 6.07 Å². The van der Waals surface area contributed by atoms with E-state index in [0.717, 1.165) is 30.6 Å². The fourth-order valence-corrected chi connectivity index (χ4v) is 3.42. The van der Waals surface area contributed by atoms with Gasteiger partial charge in [0.1, 0.15) is 0 Å². The molecule has 2 heterocycles. The fraction of sp³-hybridized carbons (Fsp3) is 0.227. The van der Waals surface area contributed by atoms with Gasteiger partial charge in [-0.3, -0.25) is 0 Å². The van der Waals surface area contributed by atoms with Crippen LogP contribution in [0.15, 0.2) is 54.9 Å². The Kier molecular flexibility index (Phi) is 5.19. The Hall–Kier alpha value is -3.41. The molecular formula is C22H24N6. The van der Waals surface area contributed by atoms with Crippen molar-refractivity contribution in [2.75, 3.05) is 17.2 Å². The largest absolute Gasteiger partial charge is 0.361 e. The van der Waals surface area contributed by atoms with Crippen molar-refractivity contribution in [3.05, 3.63) is 71.5 Å². The predicted octanol–water partition coefficient (Wildman–Crippen LogP) is 4.62. The lowest BCUT2D eigenvalue weighted by atomic mass is 10.1. The van der Waals surface area contributed by atoms with Crippen LogP contribution in [0.2, 0.25) is 0 Å². The minimum Gasteiger partial charge on any atom is -0.361 e. The van der Waals surface area contributed by atoms with E-state index < -0.39 is 0 Å². The zero-order chi connectivity index (χ0) is 19.3. The van der Waals surface area contributed by atoms with E-state index >= 15 is 0 Å². The molecule has 0 saturated carbocycles. The number of hydrogen-bond acceptors (Lipinski definition) is 5. The summed E-state index contributed by atoms with van der Waals surface area (Å²) in [7, 11) is 0. The molecule has 2 aromatic carbocycles. The number of hydrogen-bond donors (Lipinski definition) is 3. The molecule has 0 radical (unpaired) electrons. The van der Waals surface area contributed by atoms with Crippen molar-refractivity contribution in [3.63, 3.8) is 0 Å². The molecule has 0 atom stereocenters. The smallest absolute Gasteiger partial charge is 0.244 e. The standard InChI is InChI=1S/C22H24N6/c1-3-16-8-6-7-15(2)21(16)26-20-14-25-28-22(27-20)23-12-11-17-13-24-19-10-5-4-9-18(17)19/h4-10,13-14,24H,3,11-12H2,1-2H3,(H2,23,26,27,28). The van der Waals surface area contributed by atoms with Gasteiger partial charge in [0, 0.05) is 29.3 Å². The van der Waals surface area contributed by atoms with E-state index in [0.29, 0.717) is 11.8 Å². The molecule has 4 rings (SSSR count). The predicted molar refractivity (Wildman–Crippen MR) is 114 cm³/mol. The number of para-hydroxylation sites is 2. The zero-order valence-corrected chi connectivity index (χ0v) is 16.2. The highest BCUT2D eigenvalue weighted by atomic mass is 15.3. The van der Waals surface area contributed by atoms with Gasteiger partial charge >= 0.3 is 0 Å². The maximum atomic E-state index is 4.56. The molecule has 6 nitrogen and oxygen atoms in total. The summed E-state index contributed by atoms with van der Waals surface area (Å²) >= 11 is 0. The van der Waals surface area contributed by atoms with Gasteiger partial charge in [0.25, 0.3) is 0 Å². The van der Waals surface area contributed by atoms with Gasteiger partial charge in [0.15, 0.2) is 5.82 Å². The number of nitrogens with zero attached hydrogens (tertiary/aromatic N) is 3. The molecule has 142 valence electrons. The van der Waals surface area contributed by atoms with Crippen molar-refractivity contribution >= 4 is 28.4 Å². The quantitative estimate of drug-likeness (QED) is 0.441. The number of H-pyrrole nitrogens is 1. The molecule has 0 unspecified atom stereocenters. The maximum absolute atomic E-state index is 4.56. The molecule has 2 aromatic heterocycles. The van der Waals surface area contributed by atoms with E-state index in [2.05, 4.69) is 87.2 Å². The van der Waals surface area contributed by atoms with Crippen molar-refractivity contribution in [2.24, 2.45) is 0 Å². The van der Waals surface area contributed by atoms with Crippen LogP contribution in [0.4, 0.5) is 17.5 Å². The number of aromatic nitrogens is 4. The molecule has 0 spiro atoms. The van der Waals surface area contributed by atoms with Crippen molar-refractivity contribution in [1.82, 2.24) is 20.2 Å². The summed E-state index contributed by atoms with van der Waals surface area (Å²) in [5.41, 5.74) is 5.97.